The highest BCUT2D eigenvalue weighted by Crippen LogP contribution is 2.35. The van der Waals surface area contributed by atoms with Crippen molar-refractivity contribution >= 4 is 22.8 Å². The molecule has 0 radical (unpaired) electrons. The number of fused-ring (bicyclic) bond motifs is 1. The van der Waals surface area contributed by atoms with Gasteiger partial charge in [0, 0.05) is 55.2 Å². The molecule has 42 heavy (non-hydrogen) atoms. The number of hydrogen-bond acceptors (Lipinski definition) is 3. The second kappa shape index (κ2) is 13.7. The molecule has 7 heteroatoms. The number of nitrogens with zero attached hydrogens (tertiary/aromatic N) is 2. The van der Waals surface area contributed by atoms with E-state index in [9.17, 15) is 9.59 Å². The summed E-state index contributed by atoms with van der Waals surface area (Å²) in [6, 6.07) is 16.7. The monoisotopic (exact) mass is 567 g/mol. The van der Waals surface area contributed by atoms with Crippen LogP contribution in [0.5, 0.6) is 0 Å². The van der Waals surface area contributed by atoms with Gasteiger partial charge in [-0.25, -0.2) is 4.79 Å². The van der Waals surface area contributed by atoms with Gasteiger partial charge in [0.2, 0.25) is 5.91 Å². The molecule has 0 fully saturated rings. The standard InChI is InChI=1S/C35H45N5O2/c1-7-40(8-2)33(41)35(5,6)28-11-12-31-30(23-28)29(32(39-31)27-21-24(3)20-25(4)22-27)15-19-38-34(42)37-16-9-10-26-13-17-36-18-14-26/h11-14,17-18,20-23,39H,7-10,15-16,19H2,1-6H3,(H2,37,38,42). The topological polar surface area (TPSA) is 90.1 Å². The van der Waals surface area contributed by atoms with Crippen LogP contribution in [0.3, 0.4) is 0 Å². The van der Waals surface area contributed by atoms with Gasteiger partial charge in [-0.15, -0.1) is 0 Å². The lowest BCUT2D eigenvalue weighted by Gasteiger charge is -2.31. The molecule has 0 unspecified atom stereocenters. The Balaban J connectivity index is 1.55. The number of rotatable bonds is 12. The Hall–Kier alpha value is -4.13. The number of likely N-dealkylation sites (N-methyl/N-ethyl adjacent to an activating group) is 1. The second-order valence-electron chi connectivity index (χ2n) is 11.6. The predicted molar refractivity (Wildman–Crippen MR) is 172 cm³/mol. The van der Waals surface area contributed by atoms with Crippen molar-refractivity contribution in [2.75, 3.05) is 26.2 Å². The van der Waals surface area contributed by atoms with E-state index in [0.717, 1.165) is 46.1 Å². The average molecular weight is 568 g/mol. The Labute approximate surface area is 250 Å². The smallest absolute Gasteiger partial charge is 0.314 e. The van der Waals surface area contributed by atoms with Crippen molar-refractivity contribution in [3.63, 3.8) is 0 Å². The minimum absolute atomic E-state index is 0.126. The molecule has 2 aromatic carbocycles. The number of urea groups is 1. The number of benzene rings is 2. The van der Waals surface area contributed by atoms with E-state index in [1.165, 1.54) is 16.7 Å². The molecule has 0 aliphatic carbocycles. The summed E-state index contributed by atoms with van der Waals surface area (Å²) in [6.07, 6.45) is 5.99. The van der Waals surface area contributed by atoms with Crippen molar-refractivity contribution in [2.24, 2.45) is 0 Å². The molecule has 0 aliphatic rings. The van der Waals surface area contributed by atoms with Crippen LogP contribution in [0, 0.1) is 13.8 Å². The van der Waals surface area contributed by atoms with Gasteiger partial charge in [-0.3, -0.25) is 9.78 Å². The van der Waals surface area contributed by atoms with E-state index in [4.69, 9.17) is 0 Å². The number of aromatic amines is 1. The summed E-state index contributed by atoms with van der Waals surface area (Å²) in [6.45, 7) is 14.7. The van der Waals surface area contributed by atoms with Crippen LogP contribution in [0.15, 0.2) is 60.9 Å². The number of aryl methyl sites for hydroxylation is 3. The first kappa shape index (κ1) is 30.8. The van der Waals surface area contributed by atoms with Crippen molar-refractivity contribution < 1.29 is 9.59 Å². The second-order valence-corrected chi connectivity index (χ2v) is 11.6. The molecule has 4 rings (SSSR count). The highest BCUT2D eigenvalue weighted by molar-refractivity contribution is 5.94. The normalized spacial score (nSPS) is 11.5. The molecule has 2 heterocycles. The lowest BCUT2D eigenvalue weighted by atomic mass is 9.82. The van der Waals surface area contributed by atoms with Crippen molar-refractivity contribution in [1.82, 2.24) is 25.5 Å². The number of amides is 3. The number of pyridine rings is 1. The van der Waals surface area contributed by atoms with Crippen molar-refractivity contribution in [3.05, 3.63) is 88.7 Å². The van der Waals surface area contributed by atoms with Crippen LogP contribution in [0.2, 0.25) is 0 Å². The lowest BCUT2D eigenvalue weighted by Crippen LogP contribution is -2.43. The molecule has 0 aliphatic heterocycles. The quantitative estimate of drug-likeness (QED) is 0.172. The molecule has 3 amide bonds. The van der Waals surface area contributed by atoms with E-state index in [1.807, 2.05) is 44.7 Å². The summed E-state index contributed by atoms with van der Waals surface area (Å²) in [5, 5.41) is 7.11. The summed E-state index contributed by atoms with van der Waals surface area (Å²) in [7, 11) is 0. The zero-order valence-electron chi connectivity index (χ0n) is 25.9. The maximum Gasteiger partial charge on any atom is 0.314 e. The number of carbonyl (C=O) groups excluding carboxylic acids is 2. The van der Waals surface area contributed by atoms with E-state index in [-0.39, 0.29) is 11.9 Å². The van der Waals surface area contributed by atoms with Gasteiger partial charge in [-0.2, -0.15) is 0 Å². The summed E-state index contributed by atoms with van der Waals surface area (Å²) in [5.74, 6) is 0.126. The van der Waals surface area contributed by atoms with Gasteiger partial charge >= 0.3 is 6.03 Å². The first-order valence-corrected chi connectivity index (χ1v) is 15.1. The number of H-pyrrole nitrogens is 1. The molecule has 2 aromatic heterocycles. The number of carbonyl (C=O) groups is 2. The molecule has 222 valence electrons. The number of hydrogen-bond donors (Lipinski definition) is 3. The minimum Gasteiger partial charge on any atom is -0.354 e. The highest BCUT2D eigenvalue weighted by Gasteiger charge is 2.33. The van der Waals surface area contributed by atoms with E-state index >= 15 is 0 Å². The van der Waals surface area contributed by atoms with Crippen LogP contribution in [-0.2, 0) is 23.1 Å². The van der Waals surface area contributed by atoms with Gasteiger partial charge in [0.05, 0.1) is 5.41 Å². The van der Waals surface area contributed by atoms with Crippen LogP contribution in [-0.4, -0.2) is 53.0 Å². The zero-order chi connectivity index (χ0) is 30.3. The molecule has 4 aromatic rings. The van der Waals surface area contributed by atoms with E-state index in [1.54, 1.807) is 12.4 Å². The third kappa shape index (κ3) is 7.19. The van der Waals surface area contributed by atoms with Gasteiger partial charge < -0.3 is 20.5 Å². The Bertz CT molecular complexity index is 1500. The Morgan fingerprint density at radius 3 is 2.21 bits per heavy atom. The van der Waals surface area contributed by atoms with E-state index in [2.05, 4.69) is 70.8 Å². The predicted octanol–water partition coefficient (Wildman–Crippen LogP) is 6.47. The molecular formula is C35H45N5O2. The molecule has 0 atom stereocenters. The summed E-state index contributed by atoms with van der Waals surface area (Å²) in [5.41, 5.74) is 8.28. The van der Waals surface area contributed by atoms with Crippen LogP contribution < -0.4 is 10.6 Å². The highest BCUT2D eigenvalue weighted by atomic mass is 16.2. The Kier molecular flexibility index (Phi) is 10.0. The SMILES string of the molecule is CCN(CC)C(=O)C(C)(C)c1ccc2[nH]c(-c3cc(C)cc(C)c3)c(CCNC(=O)NCCCc3ccncc3)c2c1. The Morgan fingerprint density at radius 2 is 1.55 bits per heavy atom. The third-order valence-corrected chi connectivity index (χ3v) is 8.06. The van der Waals surface area contributed by atoms with Gasteiger partial charge in [0.15, 0.2) is 0 Å². The first-order valence-electron chi connectivity index (χ1n) is 15.1. The van der Waals surface area contributed by atoms with E-state index < -0.39 is 5.41 Å². The number of aromatic nitrogens is 2. The largest absolute Gasteiger partial charge is 0.354 e. The fourth-order valence-corrected chi connectivity index (χ4v) is 5.70. The maximum atomic E-state index is 13.4. The van der Waals surface area contributed by atoms with Crippen LogP contribution in [0.25, 0.3) is 22.2 Å². The zero-order valence-corrected chi connectivity index (χ0v) is 25.9. The van der Waals surface area contributed by atoms with Gasteiger partial charge in [0.1, 0.15) is 0 Å². The average Bonchev–Trinajstić information content (AvgIpc) is 3.34. The molecule has 0 saturated carbocycles. The summed E-state index contributed by atoms with van der Waals surface area (Å²) < 4.78 is 0. The van der Waals surface area contributed by atoms with Crippen molar-refractivity contribution in [3.8, 4) is 11.3 Å². The summed E-state index contributed by atoms with van der Waals surface area (Å²) in [4.78, 5) is 35.6. The van der Waals surface area contributed by atoms with Gasteiger partial charge in [-0.05, 0) is 119 Å². The first-order chi connectivity index (χ1) is 20.1. The van der Waals surface area contributed by atoms with Crippen molar-refractivity contribution in [1.29, 1.82) is 0 Å². The van der Waals surface area contributed by atoms with Crippen molar-refractivity contribution in [2.45, 2.75) is 66.2 Å². The third-order valence-electron chi connectivity index (χ3n) is 8.06. The minimum atomic E-state index is -0.663. The van der Waals surface area contributed by atoms with Crippen LogP contribution >= 0.6 is 0 Å². The molecule has 0 bridgehead atoms. The fourth-order valence-electron chi connectivity index (χ4n) is 5.70. The van der Waals surface area contributed by atoms with E-state index in [0.29, 0.717) is 32.6 Å². The number of nitrogens with one attached hydrogen (secondary N) is 3. The maximum absolute atomic E-state index is 13.4. The van der Waals surface area contributed by atoms with Crippen LogP contribution in [0.1, 0.15) is 61.9 Å². The summed E-state index contributed by atoms with van der Waals surface area (Å²) >= 11 is 0. The van der Waals surface area contributed by atoms with Gasteiger partial charge in [-0.1, -0.05) is 23.3 Å². The lowest BCUT2D eigenvalue weighted by molar-refractivity contribution is -0.135. The Morgan fingerprint density at radius 1 is 0.881 bits per heavy atom. The fraction of sp³-hybridized carbons (Fsp3) is 0.400. The van der Waals surface area contributed by atoms with Gasteiger partial charge in [0.25, 0.3) is 0 Å². The molecule has 0 saturated heterocycles. The molecule has 0 spiro atoms. The van der Waals surface area contributed by atoms with Crippen LogP contribution in [0.4, 0.5) is 4.79 Å². The molecular weight excluding hydrogens is 522 g/mol. The molecule has 3 N–H and O–H groups in total. The molecule has 7 nitrogen and oxygen atoms in total.